The van der Waals surface area contributed by atoms with Crippen LogP contribution >= 0.6 is 0 Å². The van der Waals surface area contributed by atoms with Gasteiger partial charge in [-0.3, -0.25) is 4.79 Å². The third kappa shape index (κ3) is 4.74. The van der Waals surface area contributed by atoms with Gasteiger partial charge in [0.25, 0.3) is 5.91 Å². The second kappa shape index (κ2) is 7.64. The third-order valence-electron chi connectivity index (χ3n) is 3.56. The zero-order valence-corrected chi connectivity index (χ0v) is 14.8. The molecule has 1 atom stereocenters. The summed E-state index contributed by atoms with van der Waals surface area (Å²) >= 11 is 0. The molecule has 1 aliphatic heterocycles. The first-order chi connectivity index (χ1) is 12.8. The lowest BCUT2D eigenvalue weighted by Crippen LogP contribution is -2.39. The number of rotatable bonds is 5. The Hall–Kier alpha value is -3.11. The van der Waals surface area contributed by atoms with Gasteiger partial charge in [0, 0.05) is 5.69 Å². The van der Waals surface area contributed by atoms with Gasteiger partial charge in [-0.15, -0.1) is 0 Å². The van der Waals surface area contributed by atoms with E-state index in [1.807, 2.05) is 0 Å². The summed E-state index contributed by atoms with van der Waals surface area (Å²) in [7, 11) is -3.89. The van der Waals surface area contributed by atoms with Gasteiger partial charge in [-0.05, 0) is 30.3 Å². The van der Waals surface area contributed by atoms with E-state index in [4.69, 9.17) is 19.3 Å². The first-order valence-electron chi connectivity index (χ1n) is 7.81. The SMILES string of the molecule is NS(=O)(=O)c1cccc(NC(=O)COC(=O)[C@@H]2COc3ccccc3O2)c1. The summed E-state index contributed by atoms with van der Waals surface area (Å²) in [5.41, 5.74) is 0.203. The van der Waals surface area contributed by atoms with E-state index in [1.54, 1.807) is 24.3 Å². The van der Waals surface area contributed by atoms with Crippen LogP contribution in [-0.4, -0.2) is 39.6 Å². The lowest BCUT2D eigenvalue weighted by molar-refractivity contribution is -0.156. The smallest absolute Gasteiger partial charge is 0.351 e. The highest BCUT2D eigenvalue weighted by atomic mass is 32.2. The molecule has 0 saturated heterocycles. The Labute approximate surface area is 155 Å². The van der Waals surface area contributed by atoms with E-state index in [0.29, 0.717) is 11.5 Å². The fourth-order valence-electron chi connectivity index (χ4n) is 2.31. The number of sulfonamides is 1. The minimum Gasteiger partial charge on any atom is -0.485 e. The second-order valence-corrected chi connectivity index (χ2v) is 7.15. The van der Waals surface area contributed by atoms with E-state index in [0.717, 1.165) is 0 Å². The molecule has 3 rings (SSSR count). The molecule has 2 aromatic carbocycles. The number of ether oxygens (including phenoxy) is 3. The van der Waals surface area contributed by atoms with Gasteiger partial charge in [-0.2, -0.15) is 0 Å². The predicted octanol–water partition coefficient (Wildman–Crippen LogP) is 0.656. The molecular formula is C17H16N2O7S. The predicted molar refractivity (Wildman–Crippen MR) is 93.8 cm³/mol. The molecule has 1 amide bonds. The standard InChI is InChI=1S/C17H16N2O7S/c18-27(22,23)12-5-3-4-11(8-12)19-16(20)10-25-17(21)15-9-24-13-6-1-2-7-14(13)26-15/h1-8,15H,9-10H2,(H,19,20)(H2,18,22,23)/t15-/m0/s1. The number of esters is 1. The summed E-state index contributed by atoms with van der Waals surface area (Å²) < 4.78 is 38.5. The molecule has 0 radical (unpaired) electrons. The molecule has 1 aliphatic rings. The Kier molecular flexibility index (Phi) is 5.28. The lowest BCUT2D eigenvalue weighted by atomic mass is 10.2. The Morgan fingerprint density at radius 1 is 1.15 bits per heavy atom. The number of carbonyl (C=O) groups excluding carboxylic acids is 2. The highest BCUT2D eigenvalue weighted by Crippen LogP contribution is 2.31. The van der Waals surface area contributed by atoms with Crippen molar-refractivity contribution in [1.82, 2.24) is 0 Å². The maximum Gasteiger partial charge on any atom is 0.351 e. The first kappa shape index (κ1) is 18.7. The fraction of sp³-hybridized carbons (Fsp3) is 0.176. The molecule has 2 aromatic rings. The normalized spacial score (nSPS) is 15.7. The van der Waals surface area contributed by atoms with Crippen LogP contribution in [0.25, 0.3) is 0 Å². The number of hydrogen-bond donors (Lipinski definition) is 2. The molecule has 142 valence electrons. The van der Waals surface area contributed by atoms with Crippen molar-refractivity contribution in [2.75, 3.05) is 18.5 Å². The van der Waals surface area contributed by atoms with Gasteiger partial charge in [0.1, 0.15) is 6.61 Å². The van der Waals surface area contributed by atoms with Crippen molar-refractivity contribution in [3.05, 3.63) is 48.5 Å². The van der Waals surface area contributed by atoms with Crippen molar-refractivity contribution in [2.24, 2.45) is 5.14 Å². The van der Waals surface area contributed by atoms with Gasteiger partial charge in [0.05, 0.1) is 4.90 Å². The maximum absolute atomic E-state index is 12.0. The molecule has 0 saturated carbocycles. The van der Waals surface area contributed by atoms with Crippen LogP contribution in [0.5, 0.6) is 11.5 Å². The number of primary sulfonamides is 1. The molecule has 0 bridgehead atoms. The molecule has 0 aromatic heterocycles. The van der Waals surface area contributed by atoms with Crippen molar-refractivity contribution in [1.29, 1.82) is 0 Å². The Morgan fingerprint density at radius 3 is 2.63 bits per heavy atom. The van der Waals surface area contributed by atoms with Crippen LogP contribution in [0.4, 0.5) is 5.69 Å². The molecule has 10 heteroatoms. The lowest BCUT2D eigenvalue weighted by Gasteiger charge is -2.24. The van der Waals surface area contributed by atoms with Crippen molar-refractivity contribution in [3.63, 3.8) is 0 Å². The summed E-state index contributed by atoms with van der Waals surface area (Å²) in [6.07, 6.45) is -0.988. The van der Waals surface area contributed by atoms with Gasteiger partial charge in [-0.25, -0.2) is 18.4 Å². The first-order valence-corrected chi connectivity index (χ1v) is 9.35. The van der Waals surface area contributed by atoms with Crippen molar-refractivity contribution < 1.29 is 32.2 Å². The number of amides is 1. The summed E-state index contributed by atoms with van der Waals surface area (Å²) in [5.74, 6) is -0.464. The van der Waals surface area contributed by atoms with Gasteiger partial charge in [-0.1, -0.05) is 18.2 Å². The molecule has 3 N–H and O–H groups in total. The van der Waals surface area contributed by atoms with E-state index >= 15 is 0 Å². The molecule has 0 aliphatic carbocycles. The van der Waals surface area contributed by atoms with Crippen LogP contribution in [0.2, 0.25) is 0 Å². The van der Waals surface area contributed by atoms with Crippen molar-refractivity contribution in [3.8, 4) is 11.5 Å². The minimum atomic E-state index is -3.89. The fourth-order valence-corrected chi connectivity index (χ4v) is 2.87. The van der Waals surface area contributed by atoms with E-state index in [-0.39, 0.29) is 17.2 Å². The summed E-state index contributed by atoms with van der Waals surface area (Å²) in [6, 6.07) is 12.3. The van der Waals surface area contributed by atoms with Crippen LogP contribution < -0.4 is 19.9 Å². The minimum absolute atomic E-state index is 0.0339. The van der Waals surface area contributed by atoms with Crippen molar-refractivity contribution >= 4 is 27.6 Å². The number of fused-ring (bicyclic) bond motifs is 1. The molecule has 0 spiro atoms. The number of nitrogens with one attached hydrogen (secondary N) is 1. The van der Waals surface area contributed by atoms with Crippen LogP contribution in [0, 0.1) is 0 Å². The monoisotopic (exact) mass is 392 g/mol. The number of anilines is 1. The Morgan fingerprint density at radius 2 is 1.89 bits per heavy atom. The molecule has 0 unspecified atom stereocenters. The topological polar surface area (TPSA) is 134 Å². The highest BCUT2D eigenvalue weighted by molar-refractivity contribution is 7.89. The Bertz CT molecular complexity index is 975. The molecule has 1 heterocycles. The van der Waals surface area contributed by atoms with Crippen LogP contribution in [0.1, 0.15) is 0 Å². The average molecular weight is 392 g/mol. The number of hydrogen-bond acceptors (Lipinski definition) is 7. The quantitative estimate of drug-likeness (QED) is 0.714. The number of carbonyl (C=O) groups is 2. The van der Waals surface area contributed by atoms with E-state index in [1.165, 1.54) is 24.3 Å². The molecular weight excluding hydrogens is 376 g/mol. The number of benzene rings is 2. The van der Waals surface area contributed by atoms with Crippen LogP contribution in [0.15, 0.2) is 53.4 Å². The maximum atomic E-state index is 12.0. The summed E-state index contributed by atoms with van der Waals surface area (Å²) in [5, 5.41) is 7.46. The van der Waals surface area contributed by atoms with Gasteiger partial charge < -0.3 is 19.5 Å². The van der Waals surface area contributed by atoms with Gasteiger partial charge in [0.15, 0.2) is 18.1 Å². The van der Waals surface area contributed by atoms with Crippen molar-refractivity contribution in [2.45, 2.75) is 11.0 Å². The Balaban J connectivity index is 1.53. The van der Waals surface area contributed by atoms with Crippen LogP contribution in [-0.2, 0) is 24.3 Å². The molecule has 27 heavy (non-hydrogen) atoms. The molecule has 0 fully saturated rings. The largest absolute Gasteiger partial charge is 0.485 e. The summed E-state index contributed by atoms with van der Waals surface area (Å²) in [4.78, 5) is 23.8. The van der Waals surface area contributed by atoms with E-state index in [9.17, 15) is 18.0 Å². The number of para-hydroxylation sites is 2. The summed E-state index contributed by atoms with van der Waals surface area (Å²) in [6.45, 7) is -0.603. The zero-order valence-electron chi connectivity index (χ0n) is 14.0. The second-order valence-electron chi connectivity index (χ2n) is 5.59. The van der Waals surface area contributed by atoms with Crippen LogP contribution in [0.3, 0.4) is 0 Å². The van der Waals surface area contributed by atoms with E-state index < -0.39 is 34.6 Å². The molecule has 9 nitrogen and oxygen atoms in total. The highest BCUT2D eigenvalue weighted by Gasteiger charge is 2.29. The van der Waals surface area contributed by atoms with E-state index in [2.05, 4.69) is 5.32 Å². The number of nitrogens with two attached hydrogens (primary N) is 1. The van der Waals surface area contributed by atoms with Gasteiger partial charge in [0.2, 0.25) is 16.1 Å². The zero-order chi connectivity index (χ0) is 19.4. The van der Waals surface area contributed by atoms with Gasteiger partial charge >= 0.3 is 5.97 Å². The average Bonchev–Trinajstić information content (AvgIpc) is 2.65. The third-order valence-corrected chi connectivity index (χ3v) is 4.47.